The molecule has 0 bridgehead atoms. The molecule has 1 nitrogen and oxygen atoms in total. The molecule has 0 saturated heterocycles. The van der Waals surface area contributed by atoms with Gasteiger partial charge < -0.3 is 5.32 Å². The van der Waals surface area contributed by atoms with Gasteiger partial charge in [-0.25, -0.2) is 4.39 Å². The summed E-state index contributed by atoms with van der Waals surface area (Å²) < 4.78 is 13.5. The van der Waals surface area contributed by atoms with Gasteiger partial charge in [-0.05, 0) is 19.5 Å². The minimum Gasteiger partial charge on any atom is -0.314 e. The van der Waals surface area contributed by atoms with E-state index in [1.165, 1.54) is 0 Å². The van der Waals surface area contributed by atoms with E-state index in [-0.39, 0.29) is 6.04 Å². The monoisotopic (exact) mass is 167 g/mol. The number of likely N-dealkylation sites (N-methyl/N-ethyl adjacent to an activating group) is 1. The summed E-state index contributed by atoms with van der Waals surface area (Å²) in [7, 11) is 1.76. The molecule has 0 radical (unpaired) electrons. The molecule has 2 heteroatoms. The summed E-state index contributed by atoms with van der Waals surface area (Å²) in [6.07, 6.45) is -0.920. The van der Waals surface area contributed by atoms with Crippen molar-refractivity contribution in [2.24, 2.45) is 0 Å². The predicted molar refractivity (Wildman–Crippen MR) is 48.8 cm³/mol. The van der Waals surface area contributed by atoms with Gasteiger partial charge in [-0.1, -0.05) is 30.3 Å². The third-order valence-electron chi connectivity index (χ3n) is 2.01. The maximum absolute atomic E-state index is 13.5. The highest BCUT2D eigenvalue weighted by Crippen LogP contribution is 2.20. The van der Waals surface area contributed by atoms with Crippen molar-refractivity contribution in [2.45, 2.75) is 19.1 Å². The molecule has 1 rings (SSSR count). The van der Waals surface area contributed by atoms with Gasteiger partial charge in [0, 0.05) is 6.04 Å². The molecule has 0 heterocycles. The standard InChI is InChI=1S/C10H14FN/c1-8(12-2)10(11)9-6-4-3-5-7-9/h3-8,10,12H,1-2H3/t8-,10+/m0/s1. The lowest BCUT2D eigenvalue weighted by molar-refractivity contribution is 0.275. The molecule has 0 unspecified atom stereocenters. The van der Waals surface area contributed by atoms with E-state index in [1.807, 2.05) is 25.1 Å². The molecular weight excluding hydrogens is 153 g/mol. The van der Waals surface area contributed by atoms with Crippen LogP contribution in [0.25, 0.3) is 0 Å². The topological polar surface area (TPSA) is 12.0 Å². The summed E-state index contributed by atoms with van der Waals surface area (Å²) in [6, 6.07) is 9.07. The number of hydrogen-bond donors (Lipinski definition) is 1. The zero-order chi connectivity index (χ0) is 8.97. The maximum Gasteiger partial charge on any atom is 0.140 e. The highest BCUT2D eigenvalue weighted by molar-refractivity contribution is 5.18. The van der Waals surface area contributed by atoms with Gasteiger partial charge in [0.15, 0.2) is 0 Å². The van der Waals surface area contributed by atoms with Gasteiger partial charge in [-0.3, -0.25) is 0 Å². The summed E-state index contributed by atoms with van der Waals surface area (Å²) in [5, 5.41) is 2.89. The van der Waals surface area contributed by atoms with Crippen LogP contribution in [0.5, 0.6) is 0 Å². The van der Waals surface area contributed by atoms with Crippen LogP contribution in [0, 0.1) is 0 Å². The molecular formula is C10H14FN. The first-order chi connectivity index (χ1) is 5.75. The van der Waals surface area contributed by atoms with Crippen LogP contribution in [0.2, 0.25) is 0 Å². The first kappa shape index (κ1) is 9.20. The number of hydrogen-bond acceptors (Lipinski definition) is 1. The quantitative estimate of drug-likeness (QED) is 0.728. The van der Waals surface area contributed by atoms with E-state index in [0.29, 0.717) is 0 Å². The Morgan fingerprint density at radius 1 is 1.25 bits per heavy atom. The van der Waals surface area contributed by atoms with Crippen LogP contribution < -0.4 is 5.32 Å². The van der Waals surface area contributed by atoms with E-state index in [2.05, 4.69) is 5.32 Å². The Bertz CT molecular complexity index is 223. The molecule has 1 aromatic carbocycles. The van der Waals surface area contributed by atoms with Crippen molar-refractivity contribution in [1.29, 1.82) is 0 Å². The summed E-state index contributed by atoms with van der Waals surface area (Å²) in [4.78, 5) is 0. The molecule has 0 saturated carbocycles. The van der Waals surface area contributed by atoms with Gasteiger partial charge in [-0.15, -0.1) is 0 Å². The normalized spacial score (nSPS) is 15.6. The van der Waals surface area contributed by atoms with Crippen molar-refractivity contribution in [1.82, 2.24) is 5.32 Å². The highest BCUT2D eigenvalue weighted by Gasteiger charge is 2.15. The second kappa shape index (κ2) is 4.21. The van der Waals surface area contributed by atoms with Gasteiger partial charge in [0.25, 0.3) is 0 Å². The van der Waals surface area contributed by atoms with Crippen LogP contribution in [0.3, 0.4) is 0 Å². The van der Waals surface area contributed by atoms with Crippen LogP contribution in [0.15, 0.2) is 30.3 Å². The average molecular weight is 167 g/mol. The van der Waals surface area contributed by atoms with Gasteiger partial charge >= 0.3 is 0 Å². The Labute approximate surface area is 72.6 Å². The first-order valence-corrected chi connectivity index (χ1v) is 4.12. The van der Waals surface area contributed by atoms with Gasteiger partial charge in [0.2, 0.25) is 0 Å². The molecule has 0 spiro atoms. The average Bonchev–Trinajstić information content (AvgIpc) is 2.17. The minimum atomic E-state index is -0.920. The Kier molecular flexibility index (Phi) is 3.23. The molecule has 0 aromatic heterocycles. The Morgan fingerprint density at radius 3 is 2.33 bits per heavy atom. The maximum atomic E-state index is 13.5. The fraction of sp³-hybridized carbons (Fsp3) is 0.400. The lowest BCUT2D eigenvalue weighted by atomic mass is 10.1. The predicted octanol–water partition coefficient (Wildman–Crippen LogP) is 2.31. The first-order valence-electron chi connectivity index (χ1n) is 4.12. The second-order valence-electron chi connectivity index (χ2n) is 2.89. The van der Waals surface area contributed by atoms with Crippen molar-refractivity contribution < 1.29 is 4.39 Å². The molecule has 1 N–H and O–H groups in total. The smallest absolute Gasteiger partial charge is 0.140 e. The molecule has 0 aliphatic carbocycles. The number of nitrogens with one attached hydrogen (secondary N) is 1. The molecule has 0 aliphatic heterocycles. The van der Waals surface area contributed by atoms with Crippen molar-refractivity contribution in [3.05, 3.63) is 35.9 Å². The van der Waals surface area contributed by atoms with Gasteiger partial charge in [0.1, 0.15) is 6.17 Å². The molecule has 0 fully saturated rings. The van der Waals surface area contributed by atoms with Gasteiger partial charge in [0.05, 0.1) is 0 Å². The Balaban J connectivity index is 2.71. The number of rotatable bonds is 3. The van der Waals surface area contributed by atoms with Crippen molar-refractivity contribution in [2.75, 3.05) is 7.05 Å². The highest BCUT2D eigenvalue weighted by atomic mass is 19.1. The molecule has 0 amide bonds. The third-order valence-corrected chi connectivity index (χ3v) is 2.01. The van der Waals surface area contributed by atoms with Crippen LogP contribution in [-0.2, 0) is 0 Å². The molecule has 1 aromatic rings. The van der Waals surface area contributed by atoms with E-state index >= 15 is 0 Å². The summed E-state index contributed by atoms with van der Waals surface area (Å²) >= 11 is 0. The fourth-order valence-electron chi connectivity index (χ4n) is 1.07. The van der Waals surface area contributed by atoms with E-state index in [1.54, 1.807) is 19.2 Å². The Morgan fingerprint density at radius 2 is 1.83 bits per heavy atom. The molecule has 2 atom stereocenters. The largest absolute Gasteiger partial charge is 0.314 e. The van der Waals surface area contributed by atoms with Crippen LogP contribution in [0.4, 0.5) is 4.39 Å². The fourth-order valence-corrected chi connectivity index (χ4v) is 1.07. The zero-order valence-electron chi connectivity index (χ0n) is 7.42. The van der Waals surface area contributed by atoms with Crippen molar-refractivity contribution in [3.63, 3.8) is 0 Å². The minimum absolute atomic E-state index is 0.132. The van der Waals surface area contributed by atoms with Crippen LogP contribution in [-0.4, -0.2) is 13.1 Å². The summed E-state index contributed by atoms with van der Waals surface area (Å²) in [5.41, 5.74) is 0.736. The van der Waals surface area contributed by atoms with Crippen LogP contribution >= 0.6 is 0 Å². The lowest BCUT2D eigenvalue weighted by Crippen LogP contribution is -2.26. The number of halogens is 1. The van der Waals surface area contributed by atoms with Gasteiger partial charge in [-0.2, -0.15) is 0 Å². The van der Waals surface area contributed by atoms with E-state index in [0.717, 1.165) is 5.56 Å². The summed E-state index contributed by atoms with van der Waals surface area (Å²) in [5.74, 6) is 0. The van der Waals surface area contributed by atoms with E-state index < -0.39 is 6.17 Å². The molecule has 66 valence electrons. The molecule has 0 aliphatic rings. The van der Waals surface area contributed by atoms with E-state index in [4.69, 9.17) is 0 Å². The Hall–Kier alpha value is -0.890. The zero-order valence-corrected chi connectivity index (χ0v) is 7.42. The summed E-state index contributed by atoms with van der Waals surface area (Å²) in [6.45, 7) is 1.83. The van der Waals surface area contributed by atoms with Crippen molar-refractivity contribution >= 4 is 0 Å². The van der Waals surface area contributed by atoms with E-state index in [9.17, 15) is 4.39 Å². The lowest BCUT2D eigenvalue weighted by Gasteiger charge is -2.15. The van der Waals surface area contributed by atoms with Crippen LogP contribution in [0.1, 0.15) is 18.7 Å². The van der Waals surface area contributed by atoms with Crippen molar-refractivity contribution in [3.8, 4) is 0 Å². The number of benzene rings is 1. The molecule has 12 heavy (non-hydrogen) atoms. The SMILES string of the molecule is CN[C@@H](C)[C@@H](F)c1ccccc1. The number of alkyl halides is 1. The third kappa shape index (κ3) is 2.05. The second-order valence-corrected chi connectivity index (χ2v) is 2.89.